The van der Waals surface area contributed by atoms with Gasteiger partial charge in [0.25, 0.3) is 0 Å². The van der Waals surface area contributed by atoms with E-state index in [2.05, 4.69) is 0 Å². The zero-order chi connectivity index (χ0) is 8.31. The van der Waals surface area contributed by atoms with Gasteiger partial charge in [0.1, 0.15) is 17.6 Å². The average Bonchev–Trinajstić information content (AvgIpc) is 1.59. The predicted molar refractivity (Wildman–Crippen MR) is 31.2 cm³/mol. The summed E-state index contributed by atoms with van der Waals surface area (Å²) in [5.74, 6) is -5.38. The SMILES string of the molecule is O=C(O)[BH-](C(=O)O)C(=O)O.[Na+]. The van der Waals surface area contributed by atoms with Gasteiger partial charge in [0, 0.05) is 0 Å². The molecule has 0 rings (SSSR count). The van der Waals surface area contributed by atoms with Gasteiger partial charge in [0.05, 0.1) is 0 Å². The van der Waals surface area contributed by atoms with Crippen molar-refractivity contribution in [1.29, 1.82) is 0 Å². The number of carbonyl (C=O) groups is 3. The second-order valence-electron chi connectivity index (χ2n) is 1.71. The number of hydrogen-bond acceptors (Lipinski definition) is 3. The molecule has 0 atom stereocenters. The molecule has 0 aliphatic carbocycles. The van der Waals surface area contributed by atoms with Crippen LogP contribution in [-0.2, 0) is 0 Å². The summed E-state index contributed by atoms with van der Waals surface area (Å²) in [4.78, 5) is 29.6. The largest absolute Gasteiger partial charge is 1.00 e. The number of rotatable bonds is 3. The number of carboxylic acid groups (broad SMARTS) is 3. The molecular formula is C3H4BNaO6. The molecule has 0 aromatic carbocycles. The molecule has 6 nitrogen and oxygen atoms in total. The third-order valence-electron chi connectivity index (χ3n) is 0.907. The van der Waals surface area contributed by atoms with E-state index < -0.39 is 24.3 Å². The molecule has 56 valence electrons. The van der Waals surface area contributed by atoms with Crippen molar-refractivity contribution >= 4 is 24.3 Å². The minimum atomic E-state index is -3.17. The quantitative estimate of drug-likeness (QED) is 0.389. The molecule has 0 aromatic rings. The molecule has 0 fully saturated rings. The van der Waals surface area contributed by atoms with Gasteiger partial charge in [-0.1, -0.05) is 0 Å². The van der Waals surface area contributed by atoms with Crippen LogP contribution in [0.5, 0.6) is 0 Å². The van der Waals surface area contributed by atoms with E-state index in [0.717, 1.165) is 0 Å². The molecule has 0 saturated carbocycles. The van der Waals surface area contributed by atoms with Gasteiger partial charge in [0.2, 0.25) is 0 Å². The Morgan fingerprint density at radius 1 is 0.818 bits per heavy atom. The molecule has 11 heavy (non-hydrogen) atoms. The maximum absolute atomic E-state index is 9.86. The molecule has 0 aliphatic heterocycles. The van der Waals surface area contributed by atoms with E-state index in [1.54, 1.807) is 0 Å². The Hall–Kier alpha value is -0.525. The third-order valence-corrected chi connectivity index (χ3v) is 0.907. The van der Waals surface area contributed by atoms with E-state index in [1.807, 2.05) is 0 Å². The summed E-state index contributed by atoms with van der Waals surface area (Å²) in [6, 6.07) is 0. The average molecular weight is 170 g/mol. The molecule has 0 saturated heterocycles. The van der Waals surface area contributed by atoms with Crippen molar-refractivity contribution < 1.29 is 59.3 Å². The van der Waals surface area contributed by atoms with Gasteiger partial charge in [-0.05, 0) is 0 Å². The van der Waals surface area contributed by atoms with Crippen molar-refractivity contribution in [1.82, 2.24) is 0 Å². The van der Waals surface area contributed by atoms with E-state index in [9.17, 15) is 14.4 Å². The fourth-order valence-corrected chi connectivity index (χ4v) is 0.388. The second-order valence-corrected chi connectivity index (χ2v) is 1.71. The van der Waals surface area contributed by atoms with Crippen LogP contribution in [0.4, 0.5) is 14.4 Å². The first kappa shape index (κ1) is 13.1. The molecule has 0 spiro atoms. The Balaban J connectivity index is 0. The van der Waals surface area contributed by atoms with Crippen LogP contribution in [0.25, 0.3) is 0 Å². The van der Waals surface area contributed by atoms with Crippen molar-refractivity contribution in [2.75, 3.05) is 0 Å². The van der Waals surface area contributed by atoms with Gasteiger partial charge in [0.15, 0.2) is 0 Å². The molecular weight excluding hydrogens is 166 g/mol. The van der Waals surface area contributed by atoms with E-state index in [-0.39, 0.29) is 29.6 Å². The molecule has 0 bridgehead atoms. The minimum Gasteiger partial charge on any atom is -0.514 e. The monoisotopic (exact) mass is 170 g/mol. The predicted octanol–water partition coefficient (Wildman–Crippen LogP) is -3.00. The Labute approximate surface area is 83.6 Å². The topological polar surface area (TPSA) is 112 Å². The molecule has 8 heteroatoms. The van der Waals surface area contributed by atoms with E-state index in [0.29, 0.717) is 0 Å². The summed E-state index contributed by atoms with van der Waals surface area (Å²) in [5.41, 5.74) is 0. The standard InChI is InChI=1S/C3H4BO6.Na/c5-1(6)4(2(7)8)3(9)10;/h4H,(H,5,6)(H,7,8)(H,9,10);/q-1;+1. The summed E-state index contributed by atoms with van der Waals surface area (Å²) in [7, 11) is 0. The first-order valence-electron chi connectivity index (χ1n) is 2.34. The van der Waals surface area contributed by atoms with Crippen LogP contribution >= 0.6 is 0 Å². The summed E-state index contributed by atoms with van der Waals surface area (Å²) in [5, 5.41) is 24.0. The molecule has 0 aliphatic rings. The summed E-state index contributed by atoms with van der Waals surface area (Å²) < 4.78 is 0. The van der Waals surface area contributed by atoms with Crippen LogP contribution in [0.1, 0.15) is 0 Å². The first-order valence-corrected chi connectivity index (χ1v) is 2.34. The Morgan fingerprint density at radius 3 is 1.00 bits per heavy atom. The Bertz CT molecular complexity index is 157. The fraction of sp³-hybridized carbons (Fsp3) is 0. The maximum Gasteiger partial charge on any atom is 1.00 e. The van der Waals surface area contributed by atoms with Crippen LogP contribution in [0.3, 0.4) is 0 Å². The number of hydrogen-bond donors (Lipinski definition) is 3. The van der Waals surface area contributed by atoms with Crippen LogP contribution in [0, 0.1) is 0 Å². The van der Waals surface area contributed by atoms with Crippen LogP contribution < -0.4 is 29.6 Å². The molecule has 0 unspecified atom stereocenters. The van der Waals surface area contributed by atoms with Crippen LogP contribution in [0.2, 0.25) is 0 Å². The first-order chi connectivity index (χ1) is 4.46. The van der Waals surface area contributed by atoms with Crippen molar-refractivity contribution in [2.24, 2.45) is 0 Å². The molecule has 0 amide bonds. The normalized spacial score (nSPS) is 8.45. The van der Waals surface area contributed by atoms with E-state index in [4.69, 9.17) is 15.3 Å². The van der Waals surface area contributed by atoms with Crippen LogP contribution in [-0.4, -0.2) is 39.6 Å². The molecule has 0 radical (unpaired) electrons. The van der Waals surface area contributed by atoms with Gasteiger partial charge in [-0.2, -0.15) is 0 Å². The van der Waals surface area contributed by atoms with Crippen LogP contribution in [0.15, 0.2) is 0 Å². The van der Waals surface area contributed by atoms with Gasteiger partial charge >= 0.3 is 36.3 Å². The zero-order valence-electron chi connectivity index (χ0n) is 5.77. The Kier molecular flexibility index (Phi) is 6.15. The summed E-state index contributed by atoms with van der Waals surface area (Å²) in [6.07, 6.45) is 0. The van der Waals surface area contributed by atoms with Crippen molar-refractivity contribution in [3.63, 3.8) is 0 Å². The smallest absolute Gasteiger partial charge is 0.514 e. The minimum absolute atomic E-state index is 0. The van der Waals surface area contributed by atoms with Gasteiger partial charge < -0.3 is 29.7 Å². The molecule has 0 heterocycles. The van der Waals surface area contributed by atoms with Gasteiger partial charge in [-0.15, -0.1) is 0 Å². The zero-order valence-corrected chi connectivity index (χ0v) is 7.77. The second kappa shape index (κ2) is 5.17. The van der Waals surface area contributed by atoms with E-state index in [1.165, 1.54) is 0 Å². The maximum atomic E-state index is 9.86. The molecule has 0 aromatic heterocycles. The summed E-state index contributed by atoms with van der Waals surface area (Å²) >= 11 is 0. The fourth-order valence-electron chi connectivity index (χ4n) is 0.388. The molecule has 3 N–H and O–H groups in total. The van der Waals surface area contributed by atoms with Crippen molar-refractivity contribution in [3.8, 4) is 0 Å². The Morgan fingerprint density at radius 2 is 1.00 bits per heavy atom. The van der Waals surface area contributed by atoms with E-state index >= 15 is 0 Å². The third kappa shape index (κ3) is 4.02. The summed E-state index contributed by atoms with van der Waals surface area (Å²) in [6.45, 7) is -3.17. The van der Waals surface area contributed by atoms with Gasteiger partial charge in [-0.3, -0.25) is 0 Å². The van der Waals surface area contributed by atoms with Crippen molar-refractivity contribution in [3.05, 3.63) is 0 Å². The van der Waals surface area contributed by atoms with Crippen molar-refractivity contribution in [2.45, 2.75) is 0 Å². The van der Waals surface area contributed by atoms with Gasteiger partial charge in [-0.25, -0.2) is 0 Å².